The Bertz CT molecular complexity index is 1310. The molecular weight excluding hydrogens is 995 g/mol. The van der Waals surface area contributed by atoms with Crippen molar-refractivity contribution in [3.8, 4) is 0 Å². The zero-order chi connectivity index (χ0) is 58.5. The lowest BCUT2D eigenvalue weighted by Crippen LogP contribution is -2.45. The van der Waals surface area contributed by atoms with Crippen LogP contribution in [0.15, 0.2) is 36.5 Å². The van der Waals surface area contributed by atoms with E-state index in [2.05, 4.69) is 43.5 Å². The second-order valence-corrected chi connectivity index (χ2v) is 25.3. The summed E-state index contributed by atoms with van der Waals surface area (Å²) >= 11 is 0. The Balaban J connectivity index is 3.40. The van der Waals surface area contributed by atoms with Crippen molar-refractivity contribution >= 4 is 11.9 Å². The number of aliphatic hydroxyl groups excluding tert-OH is 2. The highest BCUT2D eigenvalue weighted by Gasteiger charge is 2.18. The van der Waals surface area contributed by atoms with Gasteiger partial charge in [-0.2, -0.15) is 0 Å². The quantitative estimate of drug-likeness (QED) is 0.0320. The second kappa shape index (κ2) is 70.6. The minimum atomic E-state index is -0.845. The zero-order valence-electron chi connectivity index (χ0n) is 54.8. The molecule has 0 saturated heterocycles. The van der Waals surface area contributed by atoms with Gasteiger partial charge in [-0.15, -0.1) is 0 Å². The molecule has 6 nitrogen and oxygen atoms in total. The van der Waals surface area contributed by atoms with Crippen molar-refractivity contribution in [1.29, 1.82) is 0 Å². The van der Waals surface area contributed by atoms with E-state index < -0.39 is 12.1 Å². The molecule has 3 N–H and O–H groups in total. The molecule has 6 heteroatoms. The molecule has 0 spiro atoms. The summed E-state index contributed by atoms with van der Waals surface area (Å²) in [7, 11) is 0. The van der Waals surface area contributed by atoms with E-state index in [1.54, 1.807) is 6.08 Å². The number of unbranched alkanes of at least 4 members (excludes halogenated alkanes) is 54. The molecule has 0 aromatic heterocycles. The number of aliphatic hydroxyl groups is 2. The van der Waals surface area contributed by atoms with Gasteiger partial charge in [0.1, 0.15) is 0 Å². The lowest BCUT2D eigenvalue weighted by Gasteiger charge is -2.20. The van der Waals surface area contributed by atoms with Gasteiger partial charge < -0.3 is 20.3 Å². The first-order valence-corrected chi connectivity index (χ1v) is 36.8. The minimum Gasteiger partial charge on any atom is -0.466 e. The lowest BCUT2D eigenvalue weighted by atomic mass is 10.0. The van der Waals surface area contributed by atoms with Gasteiger partial charge in [0.05, 0.1) is 25.4 Å². The van der Waals surface area contributed by atoms with E-state index in [9.17, 15) is 19.8 Å². The van der Waals surface area contributed by atoms with Gasteiger partial charge in [-0.1, -0.05) is 371 Å². The lowest BCUT2D eigenvalue weighted by molar-refractivity contribution is -0.143. The molecule has 0 radical (unpaired) electrons. The maximum atomic E-state index is 12.5. The highest BCUT2D eigenvalue weighted by Crippen LogP contribution is 2.19. The third-order valence-corrected chi connectivity index (χ3v) is 17.2. The number of hydrogen-bond acceptors (Lipinski definition) is 5. The summed E-state index contributed by atoms with van der Waals surface area (Å²) < 4.78 is 5.48. The van der Waals surface area contributed by atoms with Crippen molar-refractivity contribution in [3.05, 3.63) is 36.5 Å². The number of allylic oxidation sites excluding steroid dienone is 5. The maximum Gasteiger partial charge on any atom is 0.305 e. The molecule has 0 aliphatic rings. The van der Waals surface area contributed by atoms with Crippen molar-refractivity contribution < 1.29 is 24.5 Å². The Morgan fingerprint density at radius 1 is 0.346 bits per heavy atom. The van der Waals surface area contributed by atoms with E-state index >= 15 is 0 Å². The van der Waals surface area contributed by atoms with E-state index in [-0.39, 0.29) is 18.5 Å². The van der Waals surface area contributed by atoms with E-state index in [0.717, 1.165) is 51.4 Å². The third-order valence-electron chi connectivity index (χ3n) is 17.2. The van der Waals surface area contributed by atoms with Crippen LogP contribution in [0.5, 0.6) is 0 Å². The van der Waals surface area contributed by atoms with Gasteiger partial charge in [-0.25, -0.2) is 0 Å². The van der Waals surface area contributed by atoms with Crippen molar-refractivity contribution in [3.63, 3.8) is 0 Å². The first-order valence-electron chi connectivity index (χ1n) is 36.8. The van der Waals surface area contributed by atoms with Crippen LogP contribution in [0.4, 0.5) is 0 Å². The number of ether oxygens (including phenoxy) is 1. The summed E-state index contributed by atoms with van der Waals surface area (Å²) in [4.78, 5) is 24.6. The van der Waals surface area contributed by atoms with Crippen LogP contribution < -0.4 is 5.32 Å². The summed E-state index contributed by atoms with van der Waals surface area (Å²) in [5.41, 5.74) is 0. The van der Waals surface area contributed by atoms with E-state index in [4.69, 9.17) is 4.74 Å². The van der Waals surface area contributed by atoms with Gasteiger partial charge in [-0.3, -0.25) is 9.59 Å². The van der Waals surface area contributed by atoms with Gasteiger partial charge in [0.2, 0.25) is 5.91 Å². The fourth-order valence-corrected chi connectivity index (χ4v) is 11.5. The van der Waals surface area contributed by atoms with Gasteiger partial charge in [-0.05, 0) is 57.8 Å². The van der Waals surface area contributed by atoms with E-state index in [1.807, 2.05) is 6.08 Å². The van der Waals surface area contributed by atoms with Crippen LogP contribution in [0.1, 0.15) is 406 Å². The fourth-order valence-electron chi connectivity index (χ4n) is 11.5. The topological polar surface area (TPSA) is 95.9 Å². The van der Waals surface area contributed by atoms with Gasteiger partial charge in [0.25, 0.3) is 0 Å². The molecule has 2 atom stereocenters. The highest BCUT2D eigenvalue weighted by atomic mass is 16.5. The molecule has 1 amide bonds. The number of amides is 1. The van der Waals surface area contributed by atoms with Crippen LogP contribution in [0.2, 0.25) is 0 Å². The second-order valence-electron chi connectivity index (χ2n) is 25.3. The molecule has 0 heterocycles. The molecule has 2 unspecified atom stereocenters. The molecule has 0 bridgehead atoms. The summed E-state index contributed by atoms with van der Waals surface area (Å²) in [6, 6.07) is -0.628. The molecule has 0 aliphatic heterocycles. The first kappa shape index (κ1) is 79.1. The summed E-state index contributed by atoms with van der Waals surface area (Å²) in [5.74, 6) is -0.0600. The molecule has 0 aromatic carbocycles. The normalized spacial score (nSPS) is 12.7. The molecular formula is C75H143NO5. The molecule has 0 aliphatic carbocycles. The monoisotopic (exact) mass is 1140 g/mol. The Kier molecular flexibility index (Phi) is 68.9. The van der Waals surface area contributed by atoms with Crippen LogP contribution in [-0.2, 0) is 14.3 Å². The predicted octanol–water partition coefficient (Wildman–Crippen LogP) is 23.9. The van der Waals surface area contributed by atoms with Crippen LogP contribution in [-0.4, -0.2) is 47.4 Å². The van der Waals surface area contributed by atoms with Crippen LogP contribution in [0.3, 0.4) is 0 Å². The standard InChI is InChI=1S/C75H143NO5/c1-3-5-7-9-11-13-15-17-19-20-21-22-23-25-28-31-34-37-40-43-47-51-55-59-63-67-73(78)72(71-77)76-74(79)68-64-60-56-52-48-44-41-38-35-32-29-26-24-27-30-33-36-39-42-46-50-54-58-62-66-70-81-75(80)69-65-61-57-53-49-45-18-16-14-12-10-8-6-4-2/h10,12,16,18,63,67,72-73,77-78H,3-9,11,13-15,17,19-62,64-66,68-71H2,1-2H3,(H,76,79)/b12-10-,18-16-,67-63+. The molecule has 0 fully saturated rings. The molecule has 0 saturated carbocycles. The fraction of sp³-hybridized carbons (Fsp3) is 0.893. The summed E-state index contributed by atoms with van der Waals surface area (Å²) in [6.07, 6.45) is 90.9. The van der Waals surface area contributed by atoms with Gasteiger partial charge in [0, 0.05) is 12.8 Å². The van der Waals surface area contributed by atoms with E-state index in [0.29, 0.717) is 19.4 Å². The highest BCUT2D eigenvalue weighted by molar-refractivity contribution is 5.76. The Hall–Kier alpha value is -1.92. The van der Waals surface area contributed by atoms with Crippen molar-refractivity contribution in [2.75, 3.05) is 13.2 Å². The number of rotatable bonds is 69. The van der Waals surface area contributed by atoms with Crippen molar-refractivity contribution in [2.45, 2.75) is 418 Å². The summed E-state index contributed by atoms with van der Waals surface area (Å²) in [5, 5.41) is 23.3. The Labute approximate surface area is 506 Å². The van der Waals surface area contributed by atoms with Crippen molar-refractivity contribution in [1.82, 2.24) is 5.32 Å². The van der Waals surface area contributed by atoms with Gasteiger partial charge in [0.15, 0.2) is 0 Å². The number of hydrogen-bond donors (Lipinski definition) is 3. The Morgan fingerprint density at radius 3 is 0.975 bits per heavy atom. The van der Waals surface area contributed by atoms with Crippen LogP contribution in [0, 0.1) is 0 Å². The SMILES string of the molecule is CCCC/C=C\C/C=C\CCCCCCCC(=O)OCCCCCCCCCCCCCCCCCCCCCCCCCCCC(=O)NC(CO)C(O)/C=C/CCCCCCCCCCCCCCCCCCCCCCCCC. The number of esters is 1. The molecule has 81 heavy (non-hydrogen) atoms. The minimum absolute atomic E-state index is 0.00192. The predicted molar refractivity (Wildman–Crippen MR) is 356 cm³/mol. The molecule has 0 aromatic rings. The van der Waals surface area contributed by atoms with E-state index in [1.165, 1.54) is 327 Å². The number of carbonyl (C=O) groups excluding carboxylic acids is 2. The molecule has 0 rings (SSSR count). The average molecular weight is 1140 g/mol. The maximum absolute atomic E-state index is 12.5. The first-order chi connectivity index (χ1) is 40.0. The van der Waals surface area contributed by atoms with Crippen LogP contribution >= 0.6 is 0 Å². The zero-order valence-corrected chi connectivity index (χ0v) is 54.8. The smallest absolute Gasteiger partial charge is 0.305 e. The van der Waals surface area contributed by atoms with Crippen LogP contribution in [0.25, 0.3) is 0 Å². The largest absolute Gasteiger partial charge is 0.466 e. The third kappa shape index (κ3) is 67.1. The number of nitrogens with one attached hydrogen (secondary N) is 1. The number of carbonyl (C=O) groups is 2. The average Bonchev–Trinajstić information content (AvgIpc) is 3.47. The van der Waals surface area contributed by atoms with Crippen molar-refractivity contribution in [2.24, 2.45) is 0 Å². The Morgan fingerprint density at radius 2 is 0.630 bits per heavy atom. The molecule has 478 valence electrons. The van der Waals surface area contributed by atoms with Gasteiger partial charge >= 0.3 is 5.97 Å². The summed E-state index contributed by atoms with van der Waals surface area (Å²) in [6.45, 7) is 4.90.